The van der Waals surface area contributed by atoms with Gasteiger partial charge in [0.1, 0.15) is 0 Å². The summed E-state index contributed by atoms with van der Waals surface area (Å²) < 4.78 is 5.58. The molecular weight excluding hydrogens is 386 g/mol. The topological polar surface area (TPSA) is 61.7 Å². The summed E-state index contributed by atoms with van der Waals surface area (Å²) in [6.07, 6.45) is 19.7. The van der Waals surface area contributed by atoms with Gasteiger partial charge in [-0.25, -0.2) is 0 Å². The fraction of sp³-hybridized carbons (Fsp3) is 1.00. The first kappa shape index (κ1) is 30.8. The lowest BCUT2D eigenvalue weighted by Gasteiger charge is -2.25. The molecular formula is C27H57NO3. The molecule has 188 valence electrons. The summed E-state index contributed by atoms with van der Waals surface area (Å²) in [5.41, 5.74) is 0.167. The minimum atomic E-state index is -0.517. The highest BCUT2D eigenvalue weighted by molar-refractivity contribution is 4.77. The summed E-state index contributed by atoms with van der Waals surface area (Å²) in [5.74, 6) is 0. The van der Waals surface area contributed by atoms with Crippen molar-refractivity contribution in [2.24, 2.45) is 5.41 Å². The minimum Gasteiger partial charge on any atom is -0.394 e. The minimum absolute atomic E-state index is 0.0531. The highest BCUT2D eigenvalue weighted by Crippen LogP contribution is 2.30. The maximum Gasteiger partial charge on any atom is 0.0897 e. The van der Waals surface area contributed by atoms with Crippen LogP contribution in [0.15, 0.2) is 0 Å². The zero-order valence-electron chi connectivity index (χ0n) is 21.8. The summed E-state index contributed by atoms with van der Waals surface area (Å²) in [7, 11) is 0. The van der Waals surface area contributed by atoms with Gasteiger partial charge in [-0.15, -0.1) is 0 Å². The molecule has 0 aromatic heterocycles. The first-order valence-electron chi connectivity index (χ1n) is 13.3. The molecule has 0 aliphatic carbocycles. The predicted molar refractivity (Wildman–Crippen MR) is 135 cm³/mol. The van der Waals surface area contributed by atoms with Crippen molar-refractivity contribution >= 4 is 0 Å². The van der Waals surface area contributed by atoms with Crippen molar-refractivity contribution in [2.45, 2.75) is 143 Å². The Morgan fingerprint density at radius 1 is 0.742 bits per heavy atom. The van der Waals surface area contributed by atoms with Gasteiger partial charge in [-0.2, -0.15) is 0 Å². The van der Waals surface area contributed by atoms with Gasteiger partial charge in [-0.3, -0.25) is 0 Å². The lowest BCUT2D eigenvalue weighted by atomic mass is 9.82. The molecule has 0 amide bonds. The SMILES string of the molecule is CCCCCCCCC(C)(C)CCCCCCCCCOCC(O)CNC(C)(C)CO. The molecule has 0 aliphatic rings. The second-order valence-electron chi connectivity index (χ2n) is 11.1. The van der Waals surface area contributed by atoms with Crippen molar-refractivity contribution in [3.05, 3.63) is 0 Å². The van der Waals surface area contributed by atoms with Crippen LogP contribution in [0.25, 0.3) is 0 Å². The van der Waals surface area contributed by atoms with Crippen LogP contribution in [0.5, 0.6) is 0 Å². The normalized spacial score (nSPS) is 13.6. The average molecular weight is 444 g/mol. The molecule has 0 aliphatic heterocycles. The molecule has 0 aromatic carbocycles. The van der Waals surface area contributed by atoms with Gasteiger partial charge < -0.3 is 20.3 Å². The number of hydrogen-bond acceptors (Lipinski definition) is 4. The third-order valence-corrected chi connectivity index (χ3v) is 6.37. The van der Waals surface area contributed by atoms with Gasteiger partial charge in [0.25, 0.3) is 0 Å². The molecule has 0 radical (unpaired) electrons. The summed E-state index contributed by atoms with van der Waals surface area (Å²) in [4.78, 5) is 0. The smallest absolute Gasteiger partial charge is 0.0897 e. The highest BCUT2D eigenvalue weighted by Gasteiger charge is 2.17. The van der Waals surface area contributed by atoms with Gasteiger partial charge in [0.05, 0.1) is 19.3 Å². The van der Waals surface area contributed by atoms with E-state index in [0.29, 0.717) is 18.6 Å². The summed E-state index contributed by atoms with van der Waals surface area (Å²) in [6, 6.07) is 0. The number of aliphatic hydroxyl groups is 2. The van der Waals surface area contributed by atoms with E-state index in [1.54, 1.807) is 0 Å². The van der Waals surface area contributed by atoms with E-state index in [-0.39, 0.29) is 12.1 Å². The van der Waals surface area contributed by atoms with E-state index in [9.17, 15) is 10.2 Å². The molecule has 0 saturated carbocycles. The maximum absolute atomic E-state index is 9.91. The molecule has 0 aromatic rings. The standard InChI is InChI=1S/C27H57NO3/c1-6-7-8-9-13-16-19-26(2,3)20-17-14-11-10-12-15-18-21-31-23-25(30)22-28-27(4,5)24-29/h25,28-30H,6-24H2,1-5H3. The quantitative estimate of drug-likeness (QED) is 0.155. The van der Waals surface area contributed by atoms with Gasteiger partial charge >= 0.3 is 0 Å². The molecule has 3 N–H and O–H groups in total. The van der Waals surface area contributed by atoms with Crippen LogP contribution in [0.4, 0.5) is 0 Å². The number of aliphatic hydroxyl groups excluding tert-OH is 2. The largest absolute Gasteiger partial charge is 0.394 e. The van der Waals surface area contributed by atoms with E-state index in [1.807, 2.05) is 13.8 Å². The van der Waals surface area contributed by atoms with Crippen LogP contribution in [-0.4, -0.2) is 48.2 Å². The Morgan fingerprint density at radius 2 is 1.23 bits per heavy atom. The predicted octanol–water partition coefficient (Wildman–Crippen LogP) is 6.62. The molecule has 0 spiro atoms. The van der Waals surface area contributed by atoms with E-state index in [0.717, 1.165) is 13.0 Å². The van der Waals surface area contributed by atoms with Gasteiger partial charge in [0, 0.05) is 18.7 Å². The Morgan fingerprint density at radius 3 is 1.74 bits per heavy atom. The van der Waals surface area contributed by atoms with Crippen molar-refractivity contribution < 1.29 is 14.9 Å². The molecule has 0 heterocycles. The van der Waals surface area contributed by atoms with Gasteiger partial charge in [-0.05, 0) is 38.5 Å². The van der Waals surface area contributed by atoms with Crippen LogP contribution in [0.2, 0.25) is 0 Å². The van der Waals surface area contributed by atoms with Crippen molar-refractivity contribution in [3.8, 4) is 0 Å². The third-order valence-electron chi connectivity index (χ3n) is 6.37. The summed E-state index contributed by atoms with van der Waals surface area (Å²) in [5, 5.41) is 22.2. The van der Waals surface area contributed by atoms with Crippen molar-refractivity contribution in [3.63, 3.8) is 0 Å². The third kappa shape index (κ3) is 21.4. The summed E-state index contributed by atoms with van der Waals surface area (Å²) >= 11 is 0. The lowest BCUT2D eigenvalue weighted by Crippen LogP contribution is -2.46. The van der Waals surface area contributed by atoms with Crippen LogP contribution in [0.1, 0.15) is 131 Å². The zero-order chi connectivity index (χ0) is 23.4. The fourth-order valence-electron chi connectivity index (χ4n) is 3.93. The van der Waals surface area contributed by atoms with Crippen LogP contribution >= 0.6 is 0 Å². The monoisotopic (exact) mass is 443 g/mol. The Bertz CT molecular complexity index is 385. The van der Waals surface area contributed by atoms with E-state index >= 15 is 0 Å². The van der Waals surface area contributed by atoms with Gasteiger partial charge in [0.15, 0.2) is 0 Å². The average Bonchev–Trinajstić information content (AvgIpc) is 2.73. The van der Waals surface area contributed by atoms with Crippen LogP contribution in [-0.2, 0) is 4.74 Å². The number of β-amino-alcohol motifs (C(OH)–C–C–N with tert-alkyl or cyclic N) is 1. The number of ether oxygens (including phenoxy) is 1. The van der Waals surface area contributed by atoms with Crippen molar-refractivity contribution in [1.82, 2.24) is 5.32 Å². The van der Waals surface area contributed by atoms with Crippen LogP contribution < -0.4 is 5.32 Å². The van der Waals surface area contributed by atoms with Gasteiger partial charge in [0.2, 0.25) is 0 Å². The molecule has 1 atom stereocenters. The van der Waals surface area contributed by atoms with Crippen molar-refractivity contribution in [1.29, 1.82) is 0 Å². The Labute approximate surface area is 194 Å². The molecule has 4 heteroatoms. The van der Waals surface area contributed by atoms with Gasteiger partial charge in [-0.1, -0.05) is 97.8 Å². The van der Waals surface area contributed by atoms with E-state index < -0.39 is 6.10 Å². The van der Waals surface area contributed by atoms with E-state index in [4.69, 9.17) is 4.74 Å². The Hall–Kier alpha value is -0.160. The van der Waals surface area contributed by atoms with Crippen LogP contribution in [0, 0.1) is 5.41 Å². The second-order valence-corrected chi connectivity index (χ2v) is 11.1. The Kier molecular flexibility index (Phi) is 19.2. The second kappa shape index (κ2) is 19.3. The number of rotatable bonds is 23. The molecule has 31 heavy (non-hydrogen) atoms. The molecule has 0 bridgehead atoms. The lowest BCUT2D eigenvalue weighted by molar-refractivity contribution is 0.0298. The van der Waals surface area contributed by atoms with E-state index in [2.05, 4.69) is 26.1 Å². The van der Waals surface area contributed by atoms with E-state index in [1.165, 1.54) is 89.9 Å². The first-order valence-corrected chi connectivity index (χ1v) is 13.3. The molecule has 0 fully saturated rings. The Balaban J connectivity index is 3.42. The number of hydrogen-bond donors (Lipinski definition) is 3. The fourth-order valence-corrected chi connectivity index (χ4v) is 3.93. The zero-order valence-corrected chi connectivity index (χ0v) is 21.8. The number of unbranched alkanes of at least 4 members (excludes halogenated alkanes) is 11. The highest BCUT2D eigenvalue weighted by atomic mass is 16.5. The van der Waals surface area contributed by atoms with Crippen molar-refractivity contribution in [2.75, 3.05) is 26.4 Å². The maximum atomic E-state index is 9.91. The number of nitrogens with one attached hydrogen (secondary N) is 1. The molecule has 1 unspecified atom stereocenters. The molecule has 0 rings (SSSR count). The molecule has 0 saturated heterocycles. The molecule has 4 nitrogen and oxygen atoms in total. The van der Waals surface area contributed by atoms with Crippen LogP contribution in [0.3, 0.4) is 0 Å². The first-order chi connectivity index (χ1) is 14.7. The summed E-state index contributed by atoms with van der Waals surface area (Å²) in [6.45, 7) is 12.6.